The van der Waals surface area contributed by atoms with Crippen molar-refractivity contribution < 1.29 is 10.2 Å². The van der Waals surface area contributed by atoms with E-state index in [0.717, 1.165) is 17.5 Å². The first kappa shape index (κ1) is 16.5. The Kier molecular flexibility index (Phi) is 4.83. The lowest BCUT2D eigenvalue weighted by Crippen LogP contribution is -2.15. The fourth-order valence-corrected chi connectivity index (χ4v) is 2.74. The molecule has 120 valence electrons. The first-order valence-corrected chi connectivity index (χ1v) is 7.44. The number of hydrogen-bond acceptors (Lipinski definition) is 5. The third-order valence-corrected chi connectivity index (χ3v) is 3.71. The fourth-order valence-electron chi connectivity index (χ4n) is 2.74. The summed E-state index contributed by atoms with van der Waals surface area (Å²) in [5.41, 5.74) is 6.79. The second kappa shape index (κ2) is 6.46. The van der Waals surface area contributed by atoms with Gasteiger partial charge < -0.3 is 20.5 Å². The Morgan fingerprint density at radius 2 is 2.05 bits per heavy atom. The van der Waals surface area contributed by atoms with Crippen molar-refractivity contribution in [2.45, 2.75) is 44.9 Å². The molecule has 0 bridgehead atoms. The number of anilines is 1. The Labute approximate surface area is 130 Å². The summed E-state index contributed by atoms with van der Waals surface area (Å²) in [6, 6.07) is 2.52. The van der Waals surface area contributed by atoms with Gasteiger partial charge in [0.25, 0.3) is 0 Å². The van der Waals surface area contributed by atoms with Gasteiger partial charge in [0.05, 0.1) is 5.39 Å². The van der Waals surface area contributed by atoms with Crippen LogP contribution in [0.3, 0.4) is 0 Å². The third-order valence-electron chi connectivity index (χ3n) is 3.71. The predicted molar refractivity (Wildman–Crippen MR) is 87.0 cm³/mol. The number of nitrogens with zero attached hydrogens (tertiary/aromatic N) is 3. The fraction of sp³-hybridized carbons (Fsp3) is 0.500. The molecule has 2 heterocycles. The van der Waals surface area contributed by atoms with Gasteiger partial charge in [0, 0.05) is 12.2 Å². The molecule has 0 aliphatic heterocycles. The summed E-state index contributed by atoms with van der Waals surface area (Å²) in [7, 11) is 0. The first-order chi connectivity index (χ1) is 10.3. The number of fused-ring (bicyclic) bond motifs is 1. The van der Waals surface area contributed by atoms with E-state index in [2.05, 4.69) is 33.4 Å². The summed E-state index contributed by atoms with van der Waals surface area (Å²) in [6.45, 7) is 6.48. The molecular formula is C16H24N4O2. The topological polar surface area (TPSA) is 97.2 Å². The molecule has 4 N–H and O–H groups in total. The zero-order valence-electron chi connectivity index (χ0n) is 13.1. The van der Waals surface area contributed by atoms with Crippen molar-refractivity contribution in [3.05, 3.63) is 31.2 Å². The van der Waals surface area contributed by atoms with Crippen LogP contribution in [0, 0.1) is 5.92 Å². The van der Waals surface area contributed by atoms with Gasteiger partial charge in [0.2, 0.25) is 0 Å². The predicted octanol–water partition coefficient (Wildman–Crippen LogP) is 2.25. The smallest absolute Gasteiger partial charge is 0.156 e. The number of rotatable bonds is 2. The highest BCUT2D eigenvalue weighted by Crippen LogP contribution is 2.37. The molecule has 6 nitrogen and oxygen atoms in total. The van der Waals surface area contributed by atoms with E-state index in [-0.39, 0.29) is 0 Å². The third kappa shape index (κ3) is 4.05. The summed E-state index contributed by atoms with van der Waals surface area (Å²) < 4.78 is 2.23. The molecule has 2 atom stereocenters. The van der Waals surface area contributed by atoms with Gasteiger partial charge >= 0.3 is 0 Å². The number of allylic oxidation sites excluding steroid dienone is 1. The van der Waals surface area contributed by atoms with Gasteiger partial charge in [0.15, 0.2) is 5.79 Å². The van der Waals surface area contributed by atoms with Crippen LogP contribution in [0.15, 0.2) is 31.2 Å². The molecule has 2 unspecified atom stereocenters. The molecule has 2 aromatic rings. The highest BCUT2D eigenvalue weighted by Gasteiger charge is 2.25. The Balaban J connectivity index is 0.000000309. The van der Waals surface area contributed by atoms with Crippen LogP contribution in [0.2, 0.25) is 0 Å². The maximum atomic E-state index is 8.08. The van der Waals surface area contributed by atoms with Crippen molar-refractivity contribution in [1.29, 1.82) is 0 Å². The maximum Gasteiger partial charge on any atom is 0.156 e. The molecule has 0 aromatic carbocycles. The van der Waals surface area contributed by atoms with Gasteiger partial charge in [-0.15, -0.1) is 6.58 Å². The first-order valence-electron chi connectivity index (χ1n) is 7.44. The summed E-state index contributed by atoms with van der Waals surface area (Å²) in [4.78, 5) is 8.36. The van der Waals surface area contributed by atoms with Crippen molar-refractivity contribution in [3.8, 4) is 0 Å². The van der Waals surface area contributed by atoms with Crippen molar-refractivity contribution >= 4 is 16.9 Å². The number of nitrogen functional groups attached to an aromatic ring is 1. The molecule has 22 heavy (non-hydrogen) atoms. The minimum absolute atomic E-state index is 0.518. The molecule has 1 aliphatic carbocycles. The molecule has 0 saturated heterocycles. The quantitative estimate of drug-likeness (QED) is 0.584. The Morgan fingerprint density at radius 1 is 1.36 bits per heavy atom. The molecule has 0 radical (unpaired) electrons. The standard InChI is InChI=1S/C13H16N4.C3H8O2/c1-2-9-3-4-10(7-9)17-6-5-11-12(14)15-8-16-13(11)17;1-3(2,4)5/h2,5-6,8-10H,1,3-4,7H2,(H2,14,15,16);4-5H,1-2H3. The van der Waals surface area contributed by atoms with Crippen LogP contribution in [-0.4, -0.2) is 30.5 Å². The normalized spacial score (nSPS) is 21.5. The Hall–Kier alpha value is -1.92. The Bertz CT molecular complexity index is 639. The van der Waals surface area contributed by atoms with Gasteiger partial charge in [-0.1, -0.05) is 6.08 Å². The highest BCUT2D eigenvalue weighted by molar-refractivity contribution is 5.86. The van der Waals surface area contributed by atoms with Crippen molar-refractivity contribution in [1.82, 2.24) is 14.5 Å². The van der Waals surface area contributed by atoms with Crippen molar-refractivity contribution in [3.63, 3.8) is 0 Å². The van der Waals surface area contributed by atoms with E-state index in [1.165, 1.54) is 33.0 Å². The van der Waals surface area contributed by atoms with E-state index in [1.54, 1.807) is 0 Å². The molecule has 0 amide bonds. The number of aromatic nitrogens is 3. The van der Waals surface area contributed by atoms with Gasteiger partial charge in [-0.25, -0.2) is 9.97 Å². The van der Waals surface area contributed by atoms with E-state index < -0.39 is 5.79 Å². The zero-order valence-corrected chi connectivity index (χ0v) is 13.1. The largest absolute Gasteiger partial charge is 0.383 e. The summed E-state index contributed by atoms with van der Waals surface area (Å²) in [6.07, 6.45) is 9.23. The molecule has 0 spiro atoms. The van der Waals surface area contributed by atoms with E-state index in [1.807, 2.05) is 6.07 Å². The van der Waals surface area contributed by atoms with Crippen LogP contribution in [-0.2, 0) is 0 Å². The van der Waals surface area contributed by atoms with Gasteiger partial charge in [0.1, 0.15) is 17.8 Å². The molecule has 1 fully saturated rings. The minimum Gasteiger partial charge on any atom is -0.383 e. The average molecular weight is 304 g/mol. The van der Waals surface area contributed by atoms with Gasteiger partial charge in [-0.3, -0.25) is 0 Å². The van der Waals surface area contributed by atoms with Crippen LogP contribution in [0.1, 0.15) is 39.2 Å². The minimum atomic E-state index is -1.50. The summed E-state index contributed by atoms with van der Waals surface area (Å²) >= 11 is 0. The van der Waals surface area contributed by atoms with E-state index >= 15 is 0 Å². The number of aliphatic hydroxyl groups is 2. The Morgan fingerprint density at radius 3 is 2.64 bits per heavy atom. The van der Waals surface area contributed by atoms with E-state index in [9.17, 15) is 0 Å². The SMILES string of the molecule is C=CC1CCC(n2ccc3c(N)ncnc32)C1.CC(C)(O)O. The average Bonchev–Trinajstić information content (AvgIpc) is 3.02. The molecule has 1 saturated carbocycles. The lowest BCUT2D eigenvalue weighted by Gasteiger charge is -2.13. The molecule has 2 aromatic heterocycles. The monoisotopic (exact) mass is 304 g/mol. The second-order valence-corrected chi connectivity index (χ2v) is 6.18. The van der Waals surface area contributed by atoms with Crippen molar-refractivity contribution in [2.24, 2.45) is 5.92 Å². The van der Waals surface area contributed by atoms with Crippen LogP contribution in [0.25, 0.3) is 11.0 Å². The van der Waals surface area contributed by atoms with Crippen molar-refractivity contribution in [2.75, 3.05) is 5.73 Å². The molecular weight excluding hydrogens is 280 g/mol. The lowest BCUT2D eigenvalue weighted by molar-refractivity contribution is -0.127. The molecule has 6 heteroatoms. The molecule has 3 rings (SSSR count). The highest BCUT2D eigenvalue weighted by atomic mass is 16.5. The second-order valence-electron chi connectivity index (χ2n) is 6.18. The van der Waals surface area contributed by atoms with Gasteiger partial charge in [-0.2, -0.15) is 0 Å². The number of hydrogen-bond donors (Lipinski definition) is 3. The maximum absolute atomic E-state index is 8.08. The summed E-state index contributed by atoms with van der Waals surface area (Å²) in [5.74, 6) is -0.302. The van der Waals surface area contributed by atoms with Gasteiger partial charge in [-0.05, 0) is 45.1 Å². The van der Waals surface area contributed by atoms with Crippen LogP contribution in [0.5, 0.6) is 0 Å². The van der Waals surface area contributed by atoms with Crippen LogP contribution < -0.4 is 5.73 Å². The zero-order chi connectivity index (χ0) is 16.3. The van der Waals surface area contributed by atoms with E-state index in [0.29, 0.717) is 17.8 Å². The van der Waals surface area contributed by atoms with Crippen LogP contribution in [0.4, 0.5) is 5.82 Å². The number of nitrogens with two attached hydrogens (primary N) is 1. The summed E-state index contributed by atoms with van der Waals surface area (Å²) in [5, 5.41) is 17.1. The molecule has 1 aliphatic rings. The van der Waals surface area contributed by atoms with Crippen LogP contribution >= 0.6 is 0 Å². The van der Waals surface area contributed by atoms with E-state index in [4.69, 9.17) is 15.9 Å². The lowest BCUT2D eigenvalue weighted by atomic mass is 10.1.